The second-order valence-electron chi connectivity index (χ2n) is 9.03. The highest BCUT2D eigenvalue weighted by Crippen LogP contribution is 2.25. The highest BCUT2D eigenvalue weighted by Gasteiger charge is 2.36. The number of carbonyl (C=O) groups excluding carboxylic acids is 2. The molecular weight excluding hydrogens is 398 g/mol. The van der Waals surface area contributed by atoms with Gasteiger partial charge in [-0.05, 0) is 36.1 Å². The molecule has 2 aromatic carbocycles. The Hall–Kier alpha value is -2.36. The number of ether oxygens (including phenoxy) is 1. The van der Waals surface area contributed by atoms with Crippen LogP contribution in [-0.4, -0.2) is 36.0 Å². The van der Waals surface area contributed by atoms with E-state index in [1.165, 1.54) is 51.4 Å². The van der Waals surface area contributed by atoms with E-state index in [0.29, 0.717) is 25.1 Å². The Morgan fingerprint density at radius 1 is 0.875 bits per heavy atom. The fraction of sp³-hybridized carbons (Fsp3) is 0.571. The first-order valence-corrected chi connectivity index (χ1v) is 12.7. The molecule has 1 fully saturated rings. The number of nitrogens with zero attached hydrogens (tertiary/aromatic N) is 1. The van der Waals surface area contributed by atoms with Crippen molar-refractivity contribution in [1.29, 1.82) is 0 Å². The van der Waals surface area contributed by atoms with Gasteiger partial charge in [0.05, 0.1) is 6.61 Å². The summed E-state index contributed by atoms with van der Waals surface area (Å²) < 4.78 is 5.57. The Kier molecular flexibility index (Phi) is 10.1. The van der Waals surface area contributed by atoms with Gasteiger partial charge in [-0.2, -0.15) is 0 Å². The van der Waals surface area contributed by atoms with Gasteiger partial charge in [0.2, 0.25) is 0 Å². The number of hydrogen-bond acceptors (Lipinski definition) is 3. The Morgan fingerprint density at radius 3 is 2.28 bits per heavy atom. The van der Waals surface area contributed by atoms with Crippen LogP contribution in [0.2, 0.25) is 0 Å². The van der Waals surface area contributed by atoms with Crippen molar-refractivity contribution >= 4 is 22.6 Å². The molecule has 174 valence electrons. The third-order valence-corrected chi connectivity index (χ3v) is 6.55. The summed E-state index contributed by atoms with van der Waals surface area (Å²) in [4.78, 5) is 27.7. The molecule has 0 radical (unpaired) electrons. The van der Waals surface area contributed by atoms with Crippen LogP contribution in [0, 0.1) is 0 Å². The first-order valence-electron chi connectivity index (χ1n) is 12.7. The molecule has 1 heterocycles. The van der Waals surface area contributed by atoms with Crippen LogP contribution in [0.4, 0.5) is 0 Å². The van der Waals surface area contributed by atoms with Gasteiger partial charge in [-0.3, -0.25) is 4.79 Å². The molecule has 32 heavy (non-hydrogen) atoms. The number of benzene rings is 2. The highest BCUT2D eigenvalue weighted by molar-refractivity contribution is 6.08. The molecule has 1 atom stereocenters. The van der Waals surface area contributed by atoms with Crippen LogP contribution >= 0.6 is 0 Å². The summed E-state index contributed by atoms with van der Waals surface area (Å²) in [5, 5.41) is 1.97. The first kappa shape index (κ1) is 24.3. The molecule has 1 aliphatic heterocycles. The Morgan fingerprint density at radius 2 is 1.53 bits per heavy atom. The topological polar surface area (TPSA) is 46.6 Å². The minimum absolute atomic E-state index is 0.0693. The van der Waals surface area contributed by atoms with E-state index in [1.807, 2.05) is 42.5 Å². The van der Waals surface area contributed by atoms with Crippen molar-refractivity contribution in [3.63, 3.8) is 0 Å². The first-order chi connectivity index (χ1) is 15.7. The SMILES string of the molecule is CCCCCCCCCCCCOC(=O)C1CCCN1C(=O)c1cccc2ccccc12. The lowest BCUT2D eigenvalue weighted by molar-refractivity contribution is -0.148. The van der Waals surface area contributed by atoms with Crippen LogP contribution < -0.4 is 0 Å². The van der Waals surface area contributed by atoms with Crippen LogP contribution in [0.25, 0.3) is 10.8 Å². The predicted molar refractivity (Wildman–Crippen MR) is 131 cm³/mol. The normalized spacial score (nSPS) is 15.9. The van der Waals surface area contributed by atoms with E-state index < -0.39 is 6.04 Å². The summed E-state index contributed by atoms with van der Waals surface area (Å²) in [6.45, 7) is 3.32. The molecule has 1 saturated heterocycles. The minimum atomic E-state index is -0.454. The molecule has 1 aliphatic rings. The van der Waals surface area contributed by atoms with Crippen LogP contribution in [0.1, 0.15) is 94.3 Å². The zero-order valence-corrected chi connectivity index (χ0v) is 19.7. The van der Waals surface area contributed by atoms with E-state index in [2.05, 4.69) is 6.92 Å². The zero-order chi connectivity index (χ0) is 22.6. The van der Waals surface area contributed by atoms with Crippen molar-refractivity contribution in [3.05, 3.63) is 48.0 Å². The molecule has 0 saturated carbocycles. The van der Waals surface area contributed by atoms with E-state index in [0.717, 1.165) is 30.0 Å². The van der Waals surface area contributed by atoms with Gasteiger partial charge in [-0.25, -0.2) is 4.79 Å². The minimum Gasteiger partial charge on any atom is -0.464 e. The van der Waals surface area contributed by atoms with Crippen LogP contribution in [-0.2, 0) is 9.53 Å². The number of unbranched alkanes of at least 4 members (excludes halogenated alkanes) is 9. The van der Waals surface area contributed by atoms with Gasteiger partial charge in [0, 0.05) is 12.1 Å². The molecule has 1 unspecified atom stereocenters. The maximum atomic E-state index is 13.3. The van der Waals surface area contributed by atoms with Gasteiger partial charge in [0.1, 0.15) is 6.04 Å². The van der Waals surface area contributed by atoms with Gasteiger partial charge >= 0.3 is 5.97 Å². The summed E-state index contributed by atoms with van der Waals surface area (Å²) in [5.41, 5.74) is 0.664. The monoisotopic (exact) mass is 437 g/mol. The van der Waals surface area contributed by atoms with Crippen LogP contribution in [0.5, 0.6) is 0 Å². The van der Waals surface area contributed by atoms with Crippen molar-refractivity contribution in [2.45, 2.75) is 90.0 Å². The molecular formula is C28H39NO3. The average molecular weight is 438 g/mol. The number of esters is 1. The summed E-state index contributed by atoms with van der Waals surface area (Å²) >= 11 is 0. The molecule has 4 nitrogen and oxygen atoms in total. The second kappa shape index (κ2) is 13.2. The fourth-order valence-electron chi connectivity index (χ4n) is 4.68. The summed E-state index contributed by atoms with van der Waals surface area (Å²) in [6.07, 6.45) is 14.1. The molecule has 2 aromatic rings. The molecule has 0 aliphatic carbocycles. The molecule has 0 bridgehead atoms. The van der Waals surface area contributed by atoms with E-state index in [1.54, 1.807) is 4.90 Å². The van der Waals surface area contributed by atoms with Crippen LogP contribution in [0.3, 0.4) is 0 Å². The Bertz CT molecular complexity index is 857. The highest BCUT2D eigenvalue weighted by atomic mass is 16.5. The maximum Gasteiger partial charge on any atom is 0.328 e. The van der Waals surface area contributed by atoms with Gasteiger partial charge in [0.15, 0.2) is 0 Å². The van der Waals surface area contributed by atoms with Gasteiger partial charge in [-0.15, -0.1) is 0 Å². The Balaban J connectivity index is 1.39. The largest absolute Gasteiger partial charge is 0.464 e. The molecule has 1 amide bonds. The fourth-order valence-corrected chi connectivity index (χ4v) is 4.68. The third kappa shape index (κ3) is 6.82. The summed E-state index contributed by atoms with van der Waals surface area (Å²) in [6, 6.07) is 13.2. The number of carbonyl (C=O) groups is 2. The average Bonchev–Trinajstić information content (AvgIpc) is 3.32. The lowest BCUT2D eigenvalue weighted by Gasteiger charge is -2.24. The maximum absolute atomic E-state index is 13.3. The predicted octanol–water partition coefficient (Wildman–Crippen LogP) is 6.91. The number of hydrogen-bond donors (Lipinski definition) is 0. The number of rotatable bonds is 13. The lowest BCUT2D eigenvalue weighted by atomic mass is 10.0. The molecule has 4 heteroatoms. The summed E-state index contributed by atoms with van der Waals surface area (Å²) in [7, 11) is 0. The van der Waals surface area contributed by atoms with Gasteiger partial charge in [-0.1, -0.05) is 101 Å². The van der Waals surface area contributed by atoms with Crippen molar-refractivity contribution in [2.24, 2.45) is 0 Å². The van der Waals surface area contributed by atoms with E-state index >= 15 is 0 Å². The number of amides is 1. The van der Waals surface area contributed by atoms with Crippen molar-refractivity contribution in [1.82, 2.24) is 4.90 Å². The smallest absolute Gasteiger partial charge is 0.328 e. The number of fused-ring (bicyclic) bond motifs is 1. The van der Waals surface area contributed by atoms with Gasteiger partial charge in [0.25, 0.3) is 5.91 Å². The molecule has 0 N–H and O–H groups in total. The molecule has 0 aromatic heterocycles. The molecule has 3 rings (SSSR count). The summed E-state index contributed by atoms with van der Waals surface area (Å²) in [5.74, 6) is -0.313. The number of likely N-dealkylation sites (tertiary alicyclic amines) is 1. The molecule has 0 spiro atoms. The van der Waals surface area contributed by atoms with E-state index in [4.69, 9.17) is 4.74 Å². The quantitative estimate of drug-likeness (QED) is 0.253. The van der Waals surface area contributed by atoms with Gasteiger partial charge < -0.3 is 9.64 Å². The van der Waals surface area contributed by atoms with E-state index in [-0.39, 0.29) is 11.9 Å². The van der Waals surface area contributed by atoms with Crippen LogP contribution in [0.15, 0.2) is 42.5 Å². The standard InChI is InChI=1S/C28H39NO3/c1-2-3-4-5-6-7-8-9-10-13-22-32-28(31)26-20-15-21-29(26)27(30)25-19-14-17-23-16-11-12-18-24(23)25/h11-12,14,16-19,26H,2-10,13,15,20-22H2,1H3. The van der Waals surface area contributed by atoms with Crippen molar-refractivity contribution in [2.75, 3.05) is 13.2 Å². The van der Waals surface area contributed by atoms with E-state index in [9.17, 15) is 9.59 Å². The lowest BCUT2D eigenvalue weighted by Crippen LogP contribution is -2.41. The third-order valence-electron chi connectivity index (χ3n) is 6.55. The Labute approximate surface area is 193 Å². The van der Waals surface area contributed by atoms with Crippen molar-refractivity contribution < 1.29 is 14.3 Å². The zero-order valence-electron chi connectivity index (χ0n) is 19.7. The second-order valence-corrected chi connectivity index (χ2v) is 9.03. The van der Waals surface area contributed by atoms with Crippen molar-refractivity contribution in [3.8, 4) is 0 Å².